The molecule has 0 radical (unpaired) electrons. The lowest BCUT2D eigenvalue weighted by molar-refractivity contribution is -0.133. The Hall–Kier alpha value is -1.59. The molecular formula is C16H24N2O3. The molecule has 1 aromatic rings. The predicted molar refractivity (Wildman–Crippen MR) is 83.1 cm³/mol. The van der Waals surface area contributed by atoms with Crippen molar-refractivity contribution in [2.75, 3.05) is 18.2 Å². The van der Waals surface area contributed by atoms with Crippen molar-refractivity contribution in [2.45, 2.75) is 50.9 Å². The van der Waals surface area contributed by atoms with Gasteiger partial charge < -0.3 is 20.5 Å². The summed E-state index contributed by atoms with van der Waals surface area (Å²) in [4.78, 5) is 12.1. The number of ether oxygens (including phenoxy) is 2. The molecule has 0 aromatic heterocycles. The molecule has 1 aromatic carbocycles. The average molecular weight is 292 g/mol. The highest BCUT2D eigenvalue weighted by Gasteiger charge is 2.26. The fraction of sp³-hybridized carbons (Fsp3) is 0.562. The lowest BCUT2D eigenvalue weighted by Crippen LogP contribution is -2.35. The van der Waals surface area contributed by atoms with E-state index in [2.05, 4.69) is 5.32 Å². The molecule has 3 atom stereocenters. The van der Waals surface area contributed by atoms with Crippen LogP contribution in [0.15, 0.2) is 24.3 Å². The molecule has 1 aliphatic carbocycles. The highest BCUT2D eigenvalue weighted by Crippen LogP contribution is 2.24. The summed E-state index contributed by atoms with van der Waals surface area (Å²) in [5, 5.41) is 2.82. The summed E-state index contributed by atoms with van der Waals surface area (Å²) in [5.74, 6) is -0.153. The zero-order chi connectivity index (χ0) is 15.2. The summed E-state index contributed by atoms with van der Waals surface area (Å²) in [6.07, 6.45) is 3.82. The van der Waals surface area contributed by atoms with Crippen LogP contribution < -0.4 is 11.1 Å². The van der Waals surface area contributed by atoms with E-state index in [9.17, 15) is 4.79 Å². The first kappa shape index (κ1) is 15.8. The summed E-state index contributed by atoms with van der Waals surface area (Å²) in [6.45, 7) is 1.78. The Balaban J connectivity index is 1.84. The smallest absolute Gasteiger partial charge is 0.253 e. The van der Waals surface area contributed by atoms with Gasteiger partial charge >= 0.3 is 0 Å². The fourth-order valence-electron chi connectivity index (χ4n) is 2.65. The zero-order valence-corrected chi connectivity index (χ0v) is 12.7. The minimum Gasteiger partial charge on any atom is -0.399 e. The number of anilines is 2. The quantitative estimate of drug-likeness (QED) is 0.818. The molecule has 0 aliphatic heterocycles. The summed E-state index contributed by atoms with van der Waals surface area (Å²) in [7, 11) is 1.73. The Morgan fingerprint density at radius 3 is 2.86 bits per heavy atom. The van der Waals surface area contributed by atoms with Crippen molar-refractivity contribution in [3.05, 3.63) is 24.3 Å². The number of amides is 1. The van der Waals surface area contributed by atoms with Gasteiger partial charge in [-0.2, -0.15) is 0 Å². The first-order chi connectivity index (χ1) is 10.1. The lowest BCUT2D eigenvalue weighted by atomic mass is 9.95. The Kier molecular flexibility index (Phi) is 5.59. The summed E-state index contributed by atoms with van der Waals surface area (Å²) in [6, 6.07) is 7.12. The molecule has 3 unspecified atom stereocenters. The summed E-state index contributed by atoms with van der Waals surface area (Å²) >= 11 is 0. The number of nitrogen functional groups attached to an aromatic ring is 1. The predicted octanol–water partition coefficient (Wildman–Crippen LogP) is 2.57. The van der Waals surface area contributed by atoms with Crippen LogP contribution in [-0.2, 0) is 14.3 Å². The van der Waals surface area contributed by atoms with Crippen LogP contribution in [0.5, 0.6) is 0 Å². The van der Waals surface area contributed by atoms with Gasteiger partial charge in [-0.1, -0.05) is 6.07 Å². The number of hydrogen-bond acceptors (Lipinski definition) is 4. The second kappa shape index (κ2) is 7.43. The third-order valence-corrected chi connectivity index (χ3v) is 3.83. The Bertz CT molecular complexity index is 478. The first-order valence-electron chi connectivity index (χ1n) is 7.43. The highest BCUT2D eigenvalue weighted by atomic mass is 16.5. The maximum absolute atomic E-state index is 12.1. The van der Waals surface area contributed by atoms with Crippen LogP contribution in [-0.4, -0.2) is 31.3 Å². The van der Waals surface area contributed by atoms with Crippen molar-refractivity contribution in [3.8, 4) is 0 Å². The van der Waals surface area contributed by atoms with Crippen LogP contribution >= 0.6 is 0 Å². The number of nitrogens with one attached hydrogen (secondary N) is 1. The van der Waals surface area contributed by atoms with Gasteiger partial charge in [0, 0.05) is 18.5 Å². The topological polar surface area (TPSA) is 73.6 Å². The number of carbonyl (C=O) groups is 1. The van der Waals surface area contributed by atoms with Crippen LogP contribution in [0.1, 0.15) is 32.6 Å². The largest absolute Gasteiger partial charge is 0.399 e. The number of rotatable bonds is 5. The number of benzene rings is 1. The van der Waals surface area contributed by atoms with Crippen molar-refractivity contribution >= 4 is 17.3 Å². The van der Waals surface area contributed by atoms with Crippen molar-refractivity contribution in [1.82, 2.24) is 0 Å². The standard InChI is InChI=1S/C16H24N2O3/c1-11(21-15-8-4-7-14(10-15)20-2)16(19)18-13-6-3-5-12(17)9-13/h3,5-6,9,11,14-15H,4,7-8,10,17H2,1-2H3,(H,18,19). The fourth-order valence-corrected chi connectivity index (χ4v) is 2.65. The van der Waals surface area contributed by atoms with Crippen LogP contribution in [0.3, 0.4) is 0 Å². The van der Waals surface area contributed by atoms with Crippen LogP contribution in [0.25, 0.3) is 0 Å². The molecule has 5 nitrogen and oxygen atoms in total. The maximum atomic E-state index is 12.1. The monoisotopic (exact) mass is 292 g/mol. The minimum atomic E-state index is -0.493. The first-order valence-corrected chi connectivity index (χ1v) is 7.43. The van der Waals surface area contributed by atoms with E-state index in [4.69, 9.17) is 15.2 Å². The van der Waals surface area contributed by atoms with E-state index in [1.165, 1.54) is 0 Å². The van der Waals surface area contributed by atoms with Crippen molar-refractivity contribution in [3.63, 3.8) is 0 Å². The molecule has 1 saturated carbocycles. The minimum absolute atomic E-state index is 0.0882. The van der Waals surface area contributed by atoms with Crippen LogP contribution in [0.2, 0.25) is 0 Å². The molecule has 2 rings (SSSR count). The molecule has 0 spiro atoms. The van der Waals surface area contributed by atoms with E-state index in [1.54, 1.807) is 32.2 Å². The maximum Gasteiger partial charge on any atom is 0.253 e. The van der Waals surface area contributed by atoms with E-state index in [0.29, 0.717) is 11.4 Å². The molecule has 0 heterocycles. The Morgan fingerprint density at radius 2 is 2.14 bits per heavy atom. The van der Waals surface area contributed by atoms with Gasteiger partial charge in [0.2, 0.25) is 0 Å². The van der Waals surface area contributed by atoms with E-state index in [0.717, 1.165) is 25.7 Å². The van der Waals surface area contributed by atoms with Gasteiger partial charge in [0.1, 0.15) is 6.10 Å². The van der Waals surface area contributed by atoms with Gasteiger partial charge in [-0.05, 0) is 50.8 Å². The highest BCUT2D eigenvalue weighted by molar-refractivity contribution is 5.94. The second-order valence-electron chi connectivity index (χ2n) is 5.54. The van der Waals surface area contributed by atoms with E-state index < -0.39 is 6.10 Å². The van der Waals surface area contributed by atoms with Gasteiger partial charge in [-0.15, -0.1) is 0 Å². The van der Waals surface area contributed by atoms with Crippen molar-refractivity contribution in [2.24, 2.45) is 0 Å². The normalized spacial score (nSPS) is 23.5. The summed E-state index contributed by atoms with van der Waals surface area (Å²) < 4.78 is 11.2. The van der Waals surface area contributed by atoms with Gasteiger partial charge in [0.15, 0.2) is 0 Å². The molecule has 0 bridgehead atoms. The molecule has 1 amide bonds. The molecule has 3 N–H and O–H groups in total. The van der Waals surface area contributed by atoms with E-state index >= 15 is 0 Å². The van der Waals surface area contributed by atoms with Crippen LogP contribution in [0, 0.1) is 0 Å². The van der Waals surface area contributed by atoms with Crippen LogP contribution in [0.4, 0.5) is 11.4 Å². The number of nitrogens with two attached hydrogens (primary N) is 1. The Morgan fingerprint density at radius 1 is 1.38 bits per heavy atom. The number of hydrogen-bond donors (Lipinski definition) is 2. The molecule has 0 saturated heterocycles. The third-order valence-electron chi connectivity index (χ3n) is 3.83. The molecule has 116 valence electrons. The third kappa shape index (κ3) is 4.72. The summed E-state index contributed by atoms with van der Waals surface area (Å²) in [5.41, 5.74) is 7.00. The molecule has 21 heavy (non-hydrogen) atoms. The van der Waals surface area contributed by atoms with E-state index in [1.807, 2.05) is 6.07 Å². The SMILES string of the molecule is COC1CCCC(OC(C)C(=O)Nc2cccc(N)c2)C1. The van der Waals surface area contributed by atoms with Gasteiger partial charge in [0.05, 0.1) is 12.2 Å². The number of methoxy groups -OCH3 is 1. The number of carbonyl (C=O) groups excluding carboxylic acids is 1. The zero-order valence-electron chi connectivity index (χ0n) is 12.7. The van der Waals surface area contributed by atoms with Gasteiger partial charge in [0.25, 0.3) is 5.91 Å². The molecule has 1 fully saturated rings. The molecule has 1 aliphatic rings. The molecular weight excluding hydrogens is 268 g/mol. The van der Waals surface area contributed by atoms with Crippen molar-refractivity contribution < 1.29 is 14.3 Å². The van der Waals surface area contributed by atoms with Crippen molar-refractivity contribution in [1.29, 1.82) is 0 Å². The van der Waals surface area contributed by atoms with Gasteiger partial charge in [-0.25, -0.2) is 0 Å². The lowest BCUT2D eigenvalue weighted by Gasteiger charge is -2.30. The molecule has 5 heteroatoms. The van der Waals surface area contributed by atoms with Gasteiger partial charge in [-0.3, -0.25) is 4.79 Å². The average Bonchev–Trinajstić information content (AvgIpc) is 2.47. The second-order valence-corrected chi connectivity index (χ2v) is 5.54. The Labute approximate surface area is 125 Å². The van der Waals surface area contributed by atoms with E-state index in [-0.39, 0.29) is 18.1 Å².